The number of hydrogen-bond donors (Lipinski definition) is 3. The van der Waals surface area contributed by atoms with Gasteiger partial charge in [0.1, 0.15) is 5.76 Å². The van der Waals surface area contributed by atoms with Gasteiger partial charge in [-0.05, 0) is 37.5 Å². The van der Waals surface area contributed by atoms with Crippen LogP contribution in [0.2, 0.25) is 0 Å². The molecule has 1 fully saturated rings. The number of aromatic amines is 1. The highest BCUT2D eigenvalue weighted by atomic mass is 16.3. The number of hydrogen-bond acceptors (Lipinski definition) is 6. The van der Waals surface area contributed by atoms with E-state index in [1.807, 2.05) is 6.92 Å². The molecule has 0 radical (unpaired) electrons. The van der Waals surface area contributed by atoms with E-state index < -0.39 is 23.1 Å². The first-order valence-electron chi connectivity index (χ1n) is 10.2. The first kappa shape index (κ1) is 20.6. The van der Waals surface area contributed by atoms with E-state index in [-0.39, 0.29) is 35.6 Å². The Balaban J connectivity index is 1.61. The summed E-state index contributed by atoms with van der Waals surface area (Å²) in [6.45, 7) is 2.20. The van der Waals surface area contributed by atoms with Crippen molar-refractivity contribution in [1.82, 2.24) is 25.2 Å². The van der Waals surface area contributed by atoms with Crippen LogP contribution in [0, 0.1) is 0 Å². The number of amides is 2. The second-order valence-corrected chi connectivity index (χ2v) is 7.52. The number of furan rings is 1. The minimum atomic E-state index is -0.672. The summed E-state index contributed by atoms with van der Waals surface area (Å²) in [5.74, 6) is -0.178. The van der Waals surface area contributed by atoms with Crippen molar-refractivity contribution in [2.24, 2.45) is 0 Å². The lowest BCUT2D eigenvalue weighted by Crippen LogP contribution is -2.38. The number of carbonyl (C=O) groups is 2. The molecule has 0 atom stereocenters. The van der Waals surface area contributed by atoms with Gasteiger partial charge in [-0.15, -0.1) is 0 Å². The fraction of sp³-hybridized carbons (Fsp3) is 0.381. The Bertz CT molecular complexity index is 1240. The van der Waals surface area contributed by atoms with Crippen LogP contribution < -0.4 is 21.9 Å². The van der Waals surface area contributed by atoms with Gasteiger partial charge in [0.15, 0.2) is 5.65 Å². The van der Waals surface area contributed by atoms with Gasteiger partial charge in [-0.3, -0.25) is 23.9 Å². The maximum Gasteiger partial charge on any atom is 0.329 e. The fourth-order valence-electron chi connectivity index (χ4n) is 3.41. The largest absolute Gasteiger partial charge is 0.467 e. The lowest BCUT2D eigenvalue weighted by atomic mass is 10.1. The van der Waals surface area contributed by atoms with Crippen molar-refractivity contribution in [3.05, 3.63) is 62.3 Å². The van der Waals surface area contributed by atoms with Gasteiger partial charge in [0.25, 0.3) is 11.5 Å². The third-order valence-corrected chi connectivity index (χ3v) is 5.11. The highest BCUT2D eigenvalue weighted by Gasteiger charge is 2.28. The minimum Gasteiger partial charge on any atom is -0.467 e. The van der Waals surface area contributed by atoms with Crippen molar-refractivity contribution in [3.63, 3.8) is 0 Å². The number of carbonyl (C=O) groups excluding carboxylic acids is 2. The van der Waals surface area contributed by atoms with Crippen molar-refractivity contribution in [2.45, 2.75) is 45.2 Å². The van der Waals surface area contributed by atoms with Crippen LogP contribution in [0.3, 0.4) is 0 Å². The highest BCUT2D eigenvalue weighted by molar-refractivity contribution is 6.06. The highest BCUT2D eigenvalue weighted by Crippen LogP contribution is 2.39. The topological polar surface area (TPSA) is 139 Å². The molecule has 0 aromatic carbocycles. The van der Waals surface area contributed by atoms with E-state index in [0.29, 0.717) is 24.4 Å². The molecule has 31 heavy (non-hydrogen) atoms. The number of aromatic nitrogens is 3. The molecule has 3 aromatic heterocycles. The van der Waals surface area contributed by atoms with Gasteiger partial charge in [-0.25, -0.2) is 9.78 Å². The standard InChI is InChI=1S/C21H23N5O5/c1-2-7-26-18-17(20(29)25-21(26)30)14(9-15(24-18)12-5-6-12)19(28)23-11-16(27)22-10-13-4-3-8-31-13/h3-4,8-9,12H,2,5-7,10-11H2,1H3,(H,22,27)(H,23,28)(H,25,29,30). The summed E-state index contributed by atoms with van der Waals surface area (Å²) in [5, 5.41) is 5.24. The Morgan fingerprint density at radius 1 is 1.29 bits per heavy atom. The molecule has 2 amide bonds. The third kappa shape index (κ3) is 4.42. The van der Waals surface area contributed by atoms with Gasteiger partial charge in [0.05, 0.1) is 30.3 Å². The first-order chi connectivity index (χ1) is 15.0. The van der Waals surface area contributed by atoms with Crippen molar-refractivity contribution in [1.29, 1.82) is 0 Å². The van der Waals surface area contributed by atoms with Crippen LogP contribution >= 0.6 is 0 Å². The number of fused-ring (bicyclic) bond motifs is 1. The predicted octanol–water partition coefficient (Wildman–Crippen LogP) is 1.01. The number of rotatable bonds is 8. The average molecular weight is 425 g/mol. The lowest BCUT2D eigenvalue weighted by Gasteiger charge is -2.13. The molecule has 3 aromatic rings. The van der Waals surface area contributed by atoms with Gasteiger partial charge >= 0.3 is 5.69 Å². The molecule has 1 aliphatic rings. The van der Waals surface area contributed by atoms with Gasteiger partial charge in [-0.1, -0.05) is 6.92 Å². The monoisotopic (exact) mass is 425 g/mol. The van der Waals surface area contributed by atoms with E-state index >= 15 is 0 Å². The molecule has 162 valence electrons. The van der Waals surface area contributed by atoms with Crippen LogP contribution in [0.25, 0.3) is 11.0 Å². The van der Waals surface area contributed by atoms with Gasteiger partial charge < -0.3 is 15.1 Å². The van der Waals surface area contributed by atoms with Crippen LogP contribution in [0.4, 0.5) is 0 Å². The molecule has 0 aliphatic heterocycles. The first-order valence-corrected chi connectivity index (χ1v) is 10.2. The summed E-state index contributed by atoms with van der Waals surface area (Å²) in [7, 11) is 0. The van der Waals surface area contributed by atoms with Crippen molar-refractivity contribution < 1.29 is 14.0 Å². The maximum absolute atomic E-state index is 12.9. The van der Waals surface area contributed by atoms with E-state index in [1.54, 1.807) is 18.2 Å². The molecule has 4 rings (SSSR count). The van der Waals surface area contributed by atoms with Crippen molar-refractivity contribution in [2.75, 3.05) is 6.54 Å². The molecule has 3 N–H and O–H groups in total. The van der Waals surface area contributed by atoms with E-state index in [0.717, 1.165) is 12.8 Å². The van der Waals surface area contributed by atoms with Crippen LogP contribution in [-0.4, -0.2) is 32.9 Å². The fourth-order valence-corrected chi connectivity index (χ4v) is 3.41. The predicted molar refractivity (Wildman–Crippen MR) is 112 cm³/mol. The summed E-state index contributed by atoms with van der Waals surface area (Å²) in [6.07, 6.45) is 4.05. The Morgan fingerprint density at radius 2 is 2.10 bits per heavy atom. The molecule has 0 bridgehead atoms. The van der Waals surface area contributed by atoms with Crippen LogP contribution in [0.5, 0.6) is 0 Å². The molecule has 1 saturated carbocycles. The van der Waals surface area contributed by atoms with E-state index in [9.17, 15) is 19.2 Å². The summed E-state index contributed by atoms with van der Waals surface area (Å²) in [4.78, 5) is 56.7. The van der Waals surface area contributed by atoms with Crippen LogP contribution in [0.1, 0.15) is 53.9 Å². The van der Waals surface area contributed by atoms with E-state index in [4.69, 9.17) is 4.42 Å². The molecule has 0 saturated heterocycles. The molecular formula is C21H23N5O5. The molecule has 3 heterocycles. The molecule has 0 unspecified atom stereocenters. The summed E-state index contributed by atoms with van der Waals surface area (Å²) in [5.41, 5.74) is -0.239. The lowest BCUT2D eigenvalue weighted by molar-refractivity contribution is -0.120. The Hall–Kier alpha value is -3.69. The average Bonchev–Trinajstić information content (AvgIpc) is 3.48. The zero-order valence-corrected chi connectivity index (χ0v) is 17.1. The molecule has 1 aliphatic carbocycles. The Morgan fingerprint density at radius 3 is 2.77 bits per heavy atom. The van der Waals surface area contributed by atoms with Gasteiger partial charge in [0.2, 0.25) is 5.91 Å². The number of pyridine rings is 1. The summed E-state index contributed by atoms with van der Waals surface area (Å²) >= 11 is 0. The number of aryl methyl sites for hydroxylation is 1. The van der Waals surface area contributed by atoms with Crippen molar-refractivity contribution >= 4 is 22.8 Å². The maximum atomic E-state index is 12.9. The number of H-pyrrole nitrogens is 1. The quantitative estimate of drug-likeness (QED) is 0.492. The van der Waals surface area contributed by atoms with E-state index in [1.165, 1.54) is 10.8 Å². The van der Waals surface area contributed by atoms with Gasteiger partial charge in [-0.2, -0.15) is 0 Å². The normalized spacial score (nSPS) is 13.3. The minimum absolute atomic E-state index is 0.0472. The molecular weight excluding hydrogens is 402 g/mol. The molecule has 0 spiro atoms. The van der Waals surface area contributed by atoms with Crippen LogP contribution in [-0.2, 0) is 17.9 Å². The van der Waals surface area contributed by atoms with Gasteiger partial charge in [0, 0.05) is 18.2 Å². The summed E-state index contributed by atoms with van der Waals surface area (Å²) in [6, 6.07) is 5.03. The number of nitrogens with zero attached hydrogens (tertiary/aromatic N) is 2. The smallest absolute Gasteiger partial charge is 0.329 e. The second kappa shape index (κ2) is 8.58. The summed E-state index contributed by atoms with van der Waals surface area (Å²) < 4.78 is 6.53. The Labute approximate surface area is 176 Å². The Kier molecular flexibility index (Phi) is 5.70. The zero-order chi connectivity index (χ0) is 22.0. The molecule has 10 nitrogen and oxygen atoms in total. The van der Waals surface area contributed by atoms with Crippen molar-refractivity contribution in [3.8, 4) is 0 Å². The van der Waals surface area contributed by atoms with Crippen LogP contribution in [0.15, 0.2) is 38.5 Å². The SMILES string of the molecule is CCCn1c(=O)[nH]c(=O)c2c(C(=O)NCC(=O)NCc3ccco3)cc(C3CC3)nc21. The van der Waals surface area contributed by atoms with E-state index in [2.05, 4.69) is 20.6 Å². The third-order valence-electron chi connectivity index (χ3n) is 5.11. The second-order valence-electron chi connectivity index (χ2n) is 7.52. The molecule has 10 heteroatoms. The number of nitrogens with one attached hydrogen (secondary N) is 3. The zero-order valence-electron chi connectivity index (χ0n) is 17.1.